The fourth-order valence-corrected chi connectivity index (χ4v) is 3.07. The smallest absolute Gasteiger partial charge is 0.326 e. The molecule has 0 radical (unpaired) electrons. The van der Waals surface area contributed by atoms with E-state index < -0.39 is 12.0 Å². The van der Waals surface area contributed by atoms with E-state index >= 15 is 0 Å². The molecule has 0 saturated carbocycles. The Bertz CT molecular complexity index is 575. The second kappa shape index (κ2) is 5.27. The minimum absolute atomic E-state index is 0.0274. The monoisotopic (exact) mass is 290 g/mol. The van der Waals surface area contributed by atoms with Crippen molar-refractivity contribution in [3.05, 3.63) is 29.8 Å². The number of carboxylic acid groups (broad SMARTS) is 1. The molecule has 3 unspecified atom stereocenters. The molecule has 2 N–H and O–H groups in total. The highest BCUT2D eigenvalue weighted by molar-refractivity contribution is 5.84. The van der Waals surface area contributed by atoms with Crippen molar-refractivity contribution in [3.8, 4) is 5.75 Å². The summed E-state index contributed by atoms with van der Waals surface area (Å²) in [6.07, 6.45) is 0.710. The third-order valence-corrected chi connectivity index (χ3v) is 4.21. The van der Waals surface area contributed by atoms with Gasteiger partial charge >= 0.3 is 12.0 Å². The highest BCUT2D eigenvalue weighted by Crippen LogP contribution is 2.32. The molecule has 1 saturated heterocycles. The predicted molar refractivity (Wildman–Crippen MR) is 75.1 cm³/mol. The topological polar surface area (TPSA) is 78.9 Å². The van der Waals surface area contributed by atoms with Crippen LogP contribution in [-0.4, -0.2) is 41.2 Å². The number of carbonyl (C=O) groups excluding carboxylic acids is 1. The first-order chi connectivity index (χ1) is 10.1. The molecule has 6 nitrogen and oxygen atoms in total. The predicted octanol–water partition coefficient (Wildman–Crippen LogP) is 1.62. The number of benzene rings is 1. The number of para-hydroxylation sites is 1. The number of rotatable bonds is 2. The van der Waals surface area contributed by atoms with Gasteiger partial charge in [-0.15, -0.1) is 0 Å². The number of amides is 2. The Labute approximate surface area is 122 Å². The van der Waals surface area contributed by atoms with Crippen molar-refractivity contribution in [2.75, 3.05) is 13.2 Å². The van der Waals surface area contributed by atoms with Gasteiger partial charge in [0.15, 0.2) is 0 Å². The number of nitrogens with zero attached hydrogens (tertiary/aromatic N) is 1. The summed E-state index contributed by atoms with van der Waals surface area (Å²) in [4.78, 5) is 25.1. The Hall–Kier alpha value is -2.24. The highest BCUT2D eigenvalue weighted by atomic mass is 16.5. The number of ether oxygens (including phenoxy) is 1. The van der Waals surface area contributed by atoms with Crippen molar-refractivity contribution in [2.45, 2.75) is 25.4 Å². The van der Waals surface area contributed by atoms with Crippen LogP contribution >= 0.6 is 0 Å². The number of carboxylic acids is 1. The summed E-state index contributed by atoms with van der Waals surface area (Å²) < 4.78 is 5.52. The quantitative estimate of drug-likeness (QED) is 0.867. The lowest BCUT2D eigenvalue weighted by atomic mass is 10.0. The molecule has 3 rings (SSSR count). The Kier molecular flexibility index (Phi) is 3.45. The number of carbonyl (C=O) groups is 2. The van der Waals surface area contributed by atoms with Crippen molar-refractivity contribution in [1.29, 1.82) is 0 Å². The molecular formula is C15H18N2O4. The minimum Gasteiger partial charge on any atom is -0.491 e. The molecule has 0 bridgehead atoms. The van der Waals surface area contributed by atoms with Crippen LogP contribution in [0, 0.1) is 5.92 Å². The zero-order valence-electron chi connectivity index (χ0n) is 11.8. The summed E-state index contributed by atoms with van der Waals surface area (Å²) in [7, 11) is 0. The number of nitrogens with one attached hydrogen (secondary N) is 1. The summed E-state index contributed by atoms with van der Waals surface area (Å²) >= 11 is 0. The largest absolute Gasteiger partial charge is 0.491 e. The van der Waals surface area contributed by atoms with Gasteiger partial charge in [0.05, 0.1) is 6.04 Å². The molecule has 3 atom stereocenters. The molecule has 2 heterocycles. The van der Waals surface area contributed by atoms with E-state index in [-0.39, 0.29) is 18.0 Å². The summed E-state index contributed by atoms with van der Waals surface area (Å²) in [5, 5.41) is 12.2. The lowest BCUT2D eigenvalue weighted by molar-refractivity contribution is -0.142. The number of hydrogen-bond donors (Lipinski definition) is 2. The molecule has 0 spiro atoms. The molecule has 2 aliphatic heterocycles. The van der Waals surface area contributed by atoms with Crippen LogP contribution in [0.15, 0.2) is 24.3 Å². The molecule has 21 heavy (non-hydrogen) atoms. The van der Waals surface area contributed by atoms with Gasteiger partial charge in [0.2, 0.25) is 0 Å². The van der Waals surface area contributed by atoms with Gasteiger partial charge < -0.3 is 20.1 Å². The molecular weight excluding hydrogens is 272 g/mol. The van der Waals surface area contributed by atoms with Gasteiger partial charge in [-0.1, -0.05) is 25.1 Å². The standard InChI is InChI=1S/C15H18N2O4/c1-9-6-7-17(13(9)14(18)19)15(20)16-11-8-21-12-5-3-2-4-10(11)12/h2-5,9,11,13H,6-8H2,1H3,(H,16,20)(H,18,19). The molecule has 1 aromatic carbocycles. The Morgan fingerprint density at radius 2 is 2.14 bits per heavy atom. The van der Waals surface area contributed by atoms with Crippen LogP contribution in [-0.2, 0) is 4.79 Å². The van der Waals surface area contributed by atoms with Crippen LogP contribution < -0.4 is 10.1 Å². The van der Waals surface area contributed by atoms with Gasteiger partial charge in [0, 0.05) is 12.1 Å². The van der Waals surface area contributed by atoms with Crippen molar-refractivity contribution >= 4 is 12.0 Å². The van der Waals surface area contributed by atoms with Crippen molar-refractivity contribution in [3.63, 3.8) is 0 Å². The highest BCUT2D eigenvalue weighted by Gasteiger charge is 2.40. The van der Waals surface area contributed by atoms with Gasteiger partial charge in [-0.25, -0.2) is 9.59 Å². The number of hydrogen-bond acceptors (Lipinski definition) is 3. The number of likely N-dealkylation sites (tertiary alicyclic amines) is 1. The number of aliphatic carboxylic acids is 1. The molecule has 0 aromatic heterocycles. The van der Waals surface area contributed by atoms with Crippen LogP contribution in [0.4, 0.5) is 4.79 Å². The van der Waals surface area contributed by atoms with E-state index in [0.29, 0.717) is 19.6 Å². The maximum atomic E-state index is 12.4. The van der Waals surface area contributed by atoms with Crippen LogP contribution in [0.3, 0.4) is 0 Å². The first-order valence-electron chi connectivity index (χ1n) is 7.09. The molecule has 2 aliphatic rings. The lowest BCUT2D eigenvalue weighted by Gasteiger charge is -2.25. The first-order valence-corrected chi connectivity index (χ1v) is 7.09. The first kappa shape index (κ1) is 13.7. The van der Waals surface area contributed by atoms with E-state index in [0.717, 1.165) is 11.3 Å². The molecule has 1 aromatic rings. The van der Waals surface area contributed by atoms with E-state index in [1.54, 1.807) is 0 Å². The normalized spacial score (nSPS) is 27.1. The maximum Gasteiger partial charge on any atom is 0.326 e. The molecule has 0 aliphatic carbocycles. The third kappa shape index (κ3) is 2.41. The fraction of sp³-hybridized carbons (Fsp3) is 0.467. The van der Waals surface area contributed by atoms with E-state index in [4.69, 9.17) is 4.74 Å². The second-order valence-corrected chi connectivity index (χ2v) is 5.59. The van der Waals surface area contributed by atoms with E-state index in [9.17, 15) is 14.7 Å². The van der Waals surface area contributed by atoms with Crippen molar-refractivity contribution in [2.24, 2.45) is 5.92 Å². The summed E-state index contributed by atoms with van der Waals surface area (Å²) in [5.41, 5.74) is 0.935. The van der Waals surface area contributed by atoms with E-state index in [2.05, 4.69) is 5.32 Å². The third-order valence-electron chi connectivity index (χ3n) is 4.21. The van der Waals surface area contributed by atoms with Crippen LogP contribution in [0.5, 0.6) is 5.75 Å². The number of fused-ring (bicyclic) bond motifs is 1. The summed E-state index contributed by atoms with van der Waals surface area (Å²) in [5.74, 6) is -0.203. The SMILES string of the molecule is CC1CCN(C(=O)NC2COc3ccccc32)C1C(=O)O. The maximum absolute atomic E-state index is 12.4. The number of urea groups is 1. The lowest BCUT2D eigenvalue weighted by Crippen LogP contribution is -2.48. The Balaban J connectivity index is 1.72. The molecule has 1 fully saturated rings. The van der Waals surface area contributed by atoms with Crippen molar-refractivity contribution in [1.82, 2.24) is 10.2 Å². The zero-order chi connectivity index (χ0) is 15.0. The minimum atomic E-state index is -0.946. The van der Waals surface area contributed by atoms with Crippen LogP contribution in [0.1, 0.15) is 24.9 Å². The van der Waals surface area contributed by atoms with E-state index in [1.165, 1.54) is 4.90 Å². The Morgan fingerprint density at radius 1 is 1.38 bits per heavy atom. The average molecular weight is 290 g/mol. The second-order valence-electron chi connectivity index (χ2n) is 5.59. The molecule has 112 valence electrons. The van der Waals surface area contributed by atoms with Gasteiger partial charge in [0.25, 0.3) is 0 Å². The van der Waals surface area contributed by atoms with Crippen molar-refractivity contribution < 1.29 is 19.4 Å². The van der Waals surface area contributed by atoms with Gasteiger partial charge in [-0.3, -0.25) is 0 Å². The van der Waals surface area contributed by atoms with Gasteiger partial charge in [0.1, 0.15) is 18.4 Å². The Morgan fingerprint density at radius 3 is 2.90 bits per heavy atom. The van der Waals surface area contributed by atoms with Gasteiger partial charge in [-0.2, -0.15) is 0 Å². The zero-order valence-corrected chi connectivity index (χ0v) is 11.8. The summed E-state index contributed by atoms with van der Waals surface area (Å²) in [6.45, 7) is 2.71. The fourth-order valence-electron chi connectivity index (χ4n) is 3.07. The van der Waals surface area contributed by atoms with Gasteiger partial charge in [-0.05, 0) is 18.4 Å². The molecule has 6 heteroatoms. The van der Waals surface area contributed by atoms with Crippen LogP contribution in [0.25, 0.3) is 0 Å². The summed E-state index contributed by atoms with van der Waals surface area (Å²) in [6, 6.07) is 6.24. The average Bonchev–Trinajstić information content (AvgIpc) is 3.03. The van der Waals surface area contributed by atoms with Crippen LogP contribution in [0.2, 0.25) is 0 Å². The van der Waals surface area contributed by atoms with E-state index in [1.807, 2.05) is 31.2 Å². The molecule has 2 amide bonds.